The average molecular weight is 358 g/mol. The van der Waals surface area contributed by atoms with Gasteiger partial charge in [-0.25, -0.2) is 14.4 Å². The standard InChI is InChI=1S/C15H22N2O6S/c1-5-9-8(3)24-11(10(9)12(18)23-6-2)17-14(21)16-7-15(4,22)13(19)20/h22H,5-7H2,1-4H3,(H,19,20)(H2,16,17,21). The molecule has 0 saturated heterocycles. The average Bonchev–Trinajstić information content (AvgIpc) is 2.80. The Labute approximate surface area is 143 Å². The van der Waals surface area contributed by atoms with Crippen LogP contribution < -0.4 is 10.6 Å². The van der Waals surface area contributed by atoms with Crippen molar-refractivity contribution in [2.45, 2.75) is 39.7 Å². The molecule has 0 radical (unpaired) electrons. The Morgan fingerprint density at radius 3 is 2.42 bits per heavy atom. The molecule has 0 bridgehead atoms. The number of aryl methyl sites for hydroxylation is 1. The molecule has 0 aliphatic rings. The number of aliphatic carboxylic acids is 1. The fraction of sp³-hybridized carbons (Fsp3) is 0.533. The van der Waals surface area contributed by atoms with Crippen molar-refractivity contribution in [3.63, 3.8) is 0 Å². The predicted octanol–water partition coefficient (Wildman–Crippen LogP) is 1.75. The van der Waals surface area contributed by atoms with Gasteiger partial charge in [-0.15, -0.1) is 11.3 Å². The molecule has 1 atom stereocenters. The van der Waals surface area contributed by atoms with Gasteiger partial charge in [-0.3, -0.25) is 5.32 Å². The van der Waals surface area contributed by atoms with Gasteiger partial charge in [0.05, 0.1) is 18.7 Å². The van der Waals surface area contributed by atoms with Crippen molar-refractivity contribution in [2.24, 2.45) is 0 Å². The molecule has 9 heteroatoms. The summed E-state index contributed by atoms with van der Waals surface area (Å²) in [6, 6.07) is -0.717. The molecule has 1 aromatic rings. The van der Waals surface area contributed by atoms with Gasteiger partial charge in [0.2, 0.25) is 0 Å². The van der Waals surface area contributed by atoms with E-state index in [9.17, 15) is 19.5 Å². The number of rotatable bonds is 7. The minimum atomic E-state index is -2.08. The summed E-state index contributed by atoms with van der Waals surface area (Å²) in [5.41, 5.74) is -0.977. The minimum absolute atomic E-state index is 0.212. The lowest BCUT2D eigenvalue weighted by atomic mass is 10.1. The van der Waals surface area contributed by atoms with E-state index in [2.05, 4.69) is 10.6 Å². The fourth-order valence-corrected chi connectivity index (χ4v) is 3.12. The summed E-state index contributed by atoms with van der Waals surface area (Å²) in [6.07, 6.45) is 0.605. The van der Waals surface area contributed by atoms with Crippen LogP contribution in [0.5, 0.6) is 0 Å². The van der Waals surface area contributed by atoms with E-state index in [-0.39, 0.29) is 6.61 Å². The van der Waals surface area contributed by atoms with Gasteiger partial charge >= 0.3 is 18.0 Å². The van der Waals surface area contributed by atoms with Crippen LogP contribution in [0.1, 0.15) is 41.6 Å². The lowest BCUT2D eigenvalue weighted by Gasteiger charge is -2.18. The number of carboxylic acid groups (broad SMARTS) is 1. The molecule has 0 aliphatic carbocycles. The lowest BCUT2D eigenvalue weighted by Crippen LogP contribution is -2.47. The van der Waals surface area contributed by atoms with Gasteiger partial charge in [0.1, 0.15) is 5.00 Å². The first-order chi connectivity index (χ1) is 11.1. The third kappa shape index (κ3) is 4.68. The van der Waals surface area contributed by atoms with Crippen molar-refractivity contribution in [3.8, 4) is 0 Å². The molecule has 4 N–H and O–H groups in total. The number of carbonyl (C=O) groups is 3. The summed E-state index contributed by atoms with van der Waals surface area (Å²) in [5, 5.41) is 23.5. The number of urea groups is 1. The normalized spacial score (nSPS) is 13.0. The van der Waals surface area contributed by atoms with Crippen LogP contribution in [-0.4, -0.2) is 46.9 Å². The highest BCUT2D eigenvalue weighted by atomic mass is 32.1. The molecule has 0 aliphatic heterocycles. The highest BCUT2D eigenvalue weighted by Gasteiger charge is 2.30. The first-order valence-electron chi connectivity index (χ1n) is 7.44. The van der Waals surface area contributed by atoms with E-state index in [0.29, 0.717) is 17.0 Å². The lowest BCUT2D eigenvalue weighted by molar-refractivity contribution is -0.155. The molecule has 1 unspecified atom stereocenters. The number of aliphatic hydroxyl groups is 1. The van der Waals surface area contributed by atoms with E-state index in [1.807, 2.05) is 13.8 Å². The third-order valence-corrected chi connectivity index (χ3v) is 4.39. The van der Waals surface area contributed by atoms with Gasteiger partial charge in [0, 0.05) is 4.88 Å². The summed E-state index contributed by atoms with van der Waals surface area (Å²) in [5.74, 6) is -1.97. The van der Waals surface area contributed by atoms with Gasteiger partial charge in [-0.2, -0.15) is 0 Å². The molecular formula is C15H22N2O6S. The van der Waals surface area contributed by atoms with Crippen molar-refractivity contribution in [3.05, 3.63) is 16.0 Å². The summed E-state index contributed by atoms with van der Waals surface area (Å²) in [6.45, 7) is 6.23. The van der Waals surface area contributed by atoms with Crippen LogP contribution in [0.3, 0.4) is 0 Å². The molecule has 1 aromatic heterocycles. The maximum atomic E-state index is 12.1. The summed E-state index contributed by atoms with van der Waals surface area (Å²) in [4.78, 5) is 35.8. The number of amides is 2. The molecule has 1 heterocycles. The largest absolute Gasteiger partial charge is 0.479 e. The van der Waals surface area contributed by atoms with Crippen LogP contribution in [0, 0.1) is 6.92 Å². The summed E-state index contributed by atoms with van der Waals surface area (Å²) >= 11 is 1.24. The molecule has 134 valence electrons. The Hall–Kier alpha value is -2.13. The number of carbonyl (C=O) groups excluding carboxylic acids is 2. The van der Waals surface area contributed by atoms with E-state index in [4.69, 9.17) is 9.84 Å². The topological polar surface area (TPSA) is 125 Å². The summed E-state index contributed by atoms with van der Waals surface area (Å²) in [7, 11) is 0. The van der Waals surface area contributed by atoms with Gasteiger partial charge in [-0.05, 0) is 32.8 Å². The Morgan fingerprint density at radius 1 is 1.29 bits per heavy atom. The molecule has 8 nitrogen and oxygen atoms in total. The van der Waals surface area contributed by atoms with E-state index < -0.39 is 30.1 Å². The van der Waals surface area contributed by atoms with E-state index in [1.165, 1.54) is 11.3 Å². The maximum absolute atomic E-state index is 12.1. The van der Waals surface area contributed by atoms with Gasteiger partial charge in [0.25, 0.3) is 0 Å². The van der Waals surface area contributed by atoms with Crippen molar-refractivity contribution in [2.75, 3.05) is 18.5 Å². The van der Waals surface area contributed by atoms with Gasteiger partial charge in [-0.1, -0.05) is 6.92 Å². The first kappa shape index (κ1) is 19.9. The highest BCUT2D eigenvalue weighted by molar-refractivity contribution is 7.16. The Bertz CT molecular complexity index is 638. The molecule has 2 amide bonds. The van der Waals surface area contributed by atoms with E-state index in [1.54, 1.807) is 6.92 Å². The Morgan fingerprint density at radius 2 is 1.92 bits per heavy atom. The second-order valence-corrected chi connectivity index (χ2v) is 6.53. The van der Waals surface area contributed by atoms with E-state index in [0.717, 1.165) is 17.4 Å². The number of thiophene rings is 1. The zero-order valence-electron chi connectivity index (χ0n) is 14.1. The fourth-order valence-electron chi connectivity index (χ4n) is 1.99. The highest BCUT2D eigenvalue weighted by Crippen LogP contribution is 2.34. The van der Waals surface area contributed by atoms with Crippen LogP contribution in [0.15, 0.2) is 0 Å². The van der Waals surface area contributed by atoms with Crippen LogP contribution >= 0.6 is 11.3 Å². The number of esters is 1. The number of hydrogen-bond donors (Lipinski definition) is 4. The van der Waals surface area contributed by atoms with Crippen LogP contribution in [-0.2, 0) is 16.0 Å². The zero-order valence-corrected chi connectivity index (χ0v) is 14.9. The second kappa shape index (κ2) is 8.11. The number of hydrogen-bond acceptors (Lipinski definition) is 6. The number of nitrogens with one attached hydrogen (secondary N) is 2. The quantitative estimate of drug-likeness (QED) is 0.550. The SMILES string of the molecule is CCOC(=O)c1c(NC(=O)NCC(C)(O)C(=O)O)sc(C)c1CC. The summed E-state index contributed by atoms with van der Waals surface area (Å²) < 4.78 is 5.03. The van der Waals surface area contributed by atoms with Crippen molar-refractivity contribution in [1.29, 1.82) is 0 Å². The predicted molar refractivity (Wildman–Crippen MR) is 89.7 cm³/mol. The van der Waals surface area contributed by atoms with E-state index >= 15 is 0 Å². The molecular weight excluding hydrogens is 336 g/mol. The first-order valence-corrected chi connectivity index (χ1v) is 8.25. The van der Waals surface area contributed by atoms with Gasteiger partial charge < -0.3 is 20.3 Å². The number of ether oxygens (including phenoxy) is 1. The number of carboxylic acids is 1. The molecule has 0 saturated carbocycles. The third-order valence-electron chi connectivity index (χ3n) is 3.32. The molecule has 1 rings (SSSR count). The Balaban J connectivity index is 2.93. The van der Waals surface area contributed by atoms with Crippen molar-refractivity contribution in [1.82, 2.24) is 5.32 Å². The maximum Gasteiger partial charge on any atom is 0.341 e. The van der Waals surface area contributed by atoms with Crippen molar-refractivity contribution >= 4 is 34.3 Å². The minimum Gasteiger partial charge on any atom is -0.479 e. The monoisotopic (exact) mass is 358 g/mol. The smallest absolute Gasteiger partial charge is 0.341 e. The van der Waals surface area contributed by atoms with Crippen molar-refractivity contribution < 1.29 is 29.3 Å². The molecule has 24 heavy (non-hydrogen) atoms. The van der Waals surface area contributed by atoms with Crippen LogP contribution in [0.4, 0.5) is 9.80 Å². The van der Waals surface area contributed by atoms with Crippen LogP contribution in [0.2, 0.25) is 0 Å². The zero-order chi connectivity index (χ0) is 18.5. The van der Waals surface area contributed by atoms with Crippen LogP contribution in [0.25, 0.3) is 0 Å². The number of anilines is 1. The molecule has 0 aromatic carbocycles. The van der Waals surface area contributed by atoms with Gasteiger partial charge in [0.15, 0.2) is 5.60 Å². The second-order valence-electron chi connectivity index (χ2n) is 5.30. The molecule has 0 spiro atoms. The molecule has 0 fully saturated rings. The Kier molecular flexibility index (Phi) is 6.73.